The first-order valence-corrected chi connectivity index (χ1v) is 7.32. The number of rotatable bonds is 3. The molecule has 1 N–H and O–H groups in total. The van der Waals surface area contributed by atoms with Gasteiger partial charge in [-0.05, 0) is 19.2 Å². The molecule has 1 aliphatic heterocycles. The molecule has 0 unspecified atom stereocenters. The summed E-state index contributed by atoms with van der Waals surface area (Å²) in [6, 6.07) is 7.43. The Kier molecular flexibility index (Phi) is 4.11. The van der Waals surface area contributed by atoms with Crippen molar-refractivity contribution in [3.8, 4) is 5.75 Å². The summed E-state index contributed by atoms with van der Waals surface area (Å²) in [6.45, 7) is 2.12. The van der Waals surface area contributed by atoms with Crippen LogP contribution in [-0.2, 0) is 0 Å². The SMILES string of the molecule is COc1ccccc1C(=O)N1CCN(C)[C@H](c2ncc[nH]2)C1. The van der Waals surface area contributed by atoms with E-state index in [1.165, 1.54) is 0 Å². The molecular formula is C16H20N4O2. The Balaban J connectivity index is 1.81. The van der Waals surface area contributed by atoms with Gasteiger partial charge in [-0.25, -0.2) is 4.98 Å². The number of carbonyl (C=O) groups excluding carboxylic acids is 1. The molecule has 1 amide bonds. The zero-order valence-corrected chi connectivity index (χ0v) is 12.8. The van der Waals surface area contributed by atoms with Gasteiger partial charge < -0.3 is 14.6 Å². The molecule has 6 heteroatoms. The Morgan fingerprint density at radius 1 is 1.36 bits per heavy atom. The topological polar surface area (TPSA) is 61.5 Å². The van der Waals surface area contributed by atoms with Gasteiger partial charge in [0, 0.05) is 32.0 Å². The minimum absolute atomic E-state index is 0.00195. The van der Waals surface area contributed by atoms with Gasteiger partial charge in [-0.2, -0.15) is 0 Å². The second-order valence-corrected chi connectivity index (χ2v) is 5.42. The number of aromatic nitrogens is 2. The van der Waals surface area contributed by atoms with Crippen LogP contribution in [-0.4, -0.2) is 59.5 Å². The third-order valence-electron chi connectivity index (χ3n) is 4.11. The van der Waals surface area contributed by atoms with Crippen LogP contribution < -0.4 is 4.74 Å². The second-order valence-electron chi connectivity index (χ2n) is 5.42. The number of nitrogens with one attached hydrogen (secondary N) is 1. The summed E-state index contributed by atoms with van der Waals surface area (Å²) in [5.41, 5.74) is 0.604. The molecule has 1 atom stereocenters. The number of para-hydroxylation sites is 1. The predicted octanol–water partition coefficient (Wildman–Crippen LogP) is 1.55. The number of methoxy groups -OCH3 is 1. The maximum absolute atomic E-state index is 12.8. The molecule has 1 fully saturated rings. The Hall–Kier alpha value is -2.34. The van der Waals surface area contributed by atoms with Crippen LogP contribution in [0.5, 0.6) is 5.75 Å². The van der Waals surface area contributed by atoms with Gasteiger partial charge in [-0.3, -0.25) is 9.69 Å². The van der Waals surface area contributed by atoms with Crippen molar-refractivity contribution in [3.63, 3.8) is 0 Å². The fourth-order valence-electron chi connectivity index (χ4n) is 2.80. The molecule has 1 aromatic heterocycles. The van der Waals surface area contributed by atoms with Gasteiger partial charge in [0.2, 0.25) is 0 Å². The number of ether oxygens (including phenoxy) is 1. The summed E-state index contributed by atoms with van der Waals surface area (Å²) in [5, 5.41) is 0. The van der Waals surface area contributed by atoms with Crippen LogP contribution in [0.4, 0.5) is 0 Å². The van der Waals surface area contributed by atoms with Gasteiger partial charge in [0.1, 0.15) is 11.6 Å². The monoisotopic (exact) mass is 300 g/mol. The van der Waals surface area contributed by atoms with E-state index >= 15 is 0 Å². The van der Waals surface area contributed by atoms with Crippen molar-refractivity contribution in [3.05, 3.63) is 48.0 Å². The van der Waals surface area contributed by atoms with E-state index in [1.807, 2.05) is 29.3 Å². The zero-order valence-electron chi connectivity index (χ0n) is 12.8. The molecule has 0 spiro atoms. The van der Waals surface area contributed by atoms with E-state index in [0.717, 1.165) is 12.4 Å². The summed E-state index contributed by atoms with van der Waals surface area (Å²) >= 11 is 0. The highest BCUT2D eigenvalue weighted by molar-refractivity contribution is 5.97. The van der Waals surface area contributed by atoms with Crippen molar-refractivity contribution in [2.24, 2.45) is 0 Å². The van der Waals surface area contributed by atoms with E-state index in [-0.39, 0.29) is 11.9 Å². The van der Waals surface area contributed by atoms with Crippen LogP contribution >= 0.6 is 0 Å². The normalized spacial score (nSPS) is 19.2. The third kappa shape index (κ3) is 2.69. The van der Waals surface area contributed by atoms with Crippen molar-refractivity contribution < 1.29 is 9.53 Å². The van der Waals surface area contributed by atoms with Gasteiger partial charge in [-0.15, -0.1) is 0 Å². The summed E-state index contributed by atoms with van der Waals surface area (Å²) in [7, 11) is 3.64. The standard InChI is InChI=1S/C16H20N4O2/c1-19-9-10-20(11-13(19)15-17-7-8-18-15)16(21)12-5-3-4-6-14(12)22-2/h3-8,13H,9-11H2,1-2H3,(H,17,18)/t13-/m0/s1. The Labute approximate surface area is 129 Å². The predicted molar refractivity (Wildman–Crippen MR) is 82.9 cm³/mol. The first-order chi connectivity index (χ1) is 10.7. The second kappa shape index (κ2) is 6.19. The van der Waals surface area contributed by atoms with Gasteiger partial charge in [0.05, 0.1) is 18.7 Å². The van der Waals surface area contributed by atoms with Crippen molar-refractivity contribution in [2.45, 2.75) is 6.04 Å². The van der Waals surface area contributed by atoms with Crippen molar-refractivity contribution in [2.75, 3.05) is 33.8 Å². The highest BCUT2D eigenvalue weighted by Crippen LogP contribution is 2.25. The zero-order chi connectivity index (χ0) is 15.5. The molecule has 0 saturated carbocycles. The number of hydrogen-bond donors (Lipinski definition) is 1. The molecule has 0 radical (unpaired) electrons. The number of hydrogen-bond acceptors (Lipinski definition) is 4. The molecule has 1 saturated heterocycles. The molecule has 0 bridgehead atoms. The first-order valence-electron chi connectivity index (χ1n) is 7.32. The molecule has 1 aliphatic rings. The fourth-order valence-corrected chi connectivity index (χ4v) is 2.80. The minimum Gasteiger partial charge on any atom is -0.496 e. The number of aromatic amines is 1. The summed E-state index contributed by atoms with van der Waals surface area (Å²) in [4.78, 5) is 24.4. The van der Waals surface area contributed by atoms with Gasteiger partial charge >= 0.3 is 0 Å². The Morgan fingerprint density at radius 2 is 2.18 bits per heavy atom. The molecule has 3 rings (SSSR count). The van der Waals surface area contributed by atoms with E-state index in [4.69, 9.17) is 4.74 Å². The Morgan fingerprint density at radius 3 is 2.91 bits per heavy atom. The quantitative estimate of drug-likeness (QED) is 0.934. The van der Waals surface area contributed by atoms with E-state index in [2.05, 4.69) is 21.9 Å². The lowest BCUT2D eigenvalue weighted by Gasteiger charge is -2.38. The average molecular weight is 300 g/mol. The molecular weight excluding hydrogens is 280 g/mol. The number of H-pyrrole nitrogens is 1. The molecule has 2 heterocycles. The van der Waals surface area contributed by atoms with Crippen LogP contribution in [0.2, 0.25) is 0 Å². The highest BCUT2D eigenvalue weighted by atomic mass is 16.5. The van der Waals surface area contributed by atoms with Crippen LogP contribution in [0.15, 0.2) is 36.7 Å². The van der Waals surface area contributed by atoms with Gasteiger partial charge in [0.25, 0.3) is 5.91 Å². The smallest absolute Gasteiger partial charge is 0.257 e. The lowest BCUT2D eigenvalue weighted by atomic mass is 10.1. The van der Waals surface area contributed by atoms with Crippen molar-refractivity contribution >= 4 is 5.91 Å². The minimum atomic E-state index is 0.00195. The number of benzene rings is 1. The maximum atomic E-state index is 12.8. The first kappa shape index (κ1) is 14.6. The number of imidazole rings is 1. The van der Waals surface area contributed by atoms with E-state index in [9.17, 15) is 4.79 Å². The van der Waals surface area contributed by atoms with E-state index in [1.54, 1.807) is 19.4 Å². The number of carbonyl (C=O) groups is 1. The lowest BCUT2D eigenvalue weighted by molar-refractivity contribution is 0.0531. The maximum Gasteiger partial charge on any atom is 0.257 e. The summed E-state index contributed by atoms with van der Waals surface area (Å²) in [6.07, 6.45) is 3.55. The number of nitrogens with zero attached hydrogens (tertiary/aromatic N) is 3. The fraction of sp³-hybridized carbons (Fsp3) is 0.375. The largest absolute Gasteiger partial charge is 0.496 e. The number of piperazine rings is 1. The van der Waals surface area contributed by atoms with Gasteiger partial charge in [0.15, 0.2) is 0 Å². The molecule has 0 aliphatic carbocycles. The number of amides is 1. The molecule has 116 valence electrons. The van der Waals surface area contributed by atoms with Crippen LogP contribution in [0.25, 0.3) is 0 Å². The van der Waals surface area contributed by atoms with Crippen molar-refractivity contribution in [1.29, 1.82) is 0 Å². The molecule has 1 aromatic carbocycles. The lowest BCUT2D eigenvalue weighted by Crippen LogP contribution is -2.49. The van der Waals surface area contributed by atoms with E-state index < -0.39 is 0 Å². The third-order valence-corrected chi connectivity index (χ3v) is 4.11. The van der Waals surface area contributed by atoms with Crippen molar-refractivity contribution in [1.82, 2.24) is 19.8 Å². The van der Waals surface area contributed by atoms with E-state index in [0.29, 0.717) is 24.4 Å². The van der Waals surface area contributed by atoms with Gasteiger partial charge in [-0.1, -0.05) is 12.1 Å². The Bertz CT molecular complexity index is 641. The molecule has 2 aromatic rings. The highest BCUT2D eigenvalue weighted by Gasteiger charge is 2.31. The molecule has 22 heavy (non-hydrogen) atoms. The average Bonchev–Trinajstić information content (AvgIpc) is 3.09. The summed E-state index contributed by atoms with van der Waals surface area (Å²) < 4.78 is 5.30. The number of likely N-dealkylation sites (N-methyl/N-ethyl adjacent to an activating group) is 1. The van der Waals surface area contributed by atoms with Crippen LogP contribution in [0, 0.1) is 0 Å². The van der Waals surface area contributed by atoms with Crippen LogP contribution in [0.3, 0.4) is 0 Å². The summed E-state index contributed by atoms with van der Waals surface area (Å²) in [5.74, 6) is 1.50. The van der Waals surface area contributed by atoms with Crippen LogP contribution in [0.1, 0.15) is 22.2 Å². The molecule has 6 nitrogen and oxygen atoms in total.